The highest BCUT2D eigenvalue weighted by molar-refractivity contribution is 7.80. The van der Waals surface area contributed by atoms with E-state index < -0.39 is 0 Å². The molecule has 1 aromatic rings. The molecule has 1 aromatic heterocycles. The summed E-state index contributed by atoms with van der Waals surface area (Å²) in [5, 5.41) is 5.68. The molecule has 1 heterocycles. The first kappa shape index (κ1) is 15.0. The van der Waals surface area contributed by atoms with E-state index in [1.54, 1.807) is 11.3 Å². The zero-order chi connectivity index (χ0) is 14.4. The molecule has 4 nitrogen and oxygen atoms in total. The van der Waals surface area contributed by atoms with Gasteiger partial charge in [-0.15, -0.1) is 11.3 Å². The van der Waals surface area contributed by atoms with Gasteiger partial charge >= 0.3 is 0 Å². The molecule has 0 radical (unpaired) electrons. The summed E-state index contributed by atoms with van der Waals surface area (Å²) in [4.78, 5) is 12.7. The molecule has 0 aliphatic heterocycles. The molecule has 1 aliphatic carbocycles. The first-order chi connectivity index (χ1) is 9.65. The Hall–Kier alpha value is -1.40. The van der Waals surface area contributed by atoms with Gasteiger partial charge in [-0.2, -0.15) is 0 Å². The minimum absolute atomic E-state index is 0.214. The second-order valence-electron chi connectivity index (χ2n) is 4.87. The summed E-state index contributed by atoms with van der Waals surface area (Å²) in [7, 11) is 0. The number of thiocarbonyl (C=S) groups is 1. The van der Waals surface area contributed by atoms with Gasteiger partial charge in [0.1, 0.15) is 0 Å². The summed E-state index contributed by atoms with van der Waals surface area (Å²) in [6.07, 6.45) is 8.10. The Morgan fingerprint density at radius 2 is 2.15 bits per heavy atom. The van der Waals surface area contributed by atoms with Crippen LogP contribution in [-0.4, -0.2) is 17.1 Å². The number of hydrogen-bond donors (Lipinski definition) is 3. The lowest BCUT2D eigenvalue weighted by Crippen LogP contribution is -2.48. The summed E-state index contributed by atoms with van der Waals surface area (Å²) < 4.78 is 0. The van der Waals surface area contributed by atoms with Gasteiger partial charge in [-0.3, -0.25) is 15.6 Å². The molecule has 3 N–H and O–H groups in total. The van der Waals surface area contributed by atoms with Gasteiger partial charge in [-0.25, -0.2) is 0 Å². The van der Waals surface area contributed by atoms with E-state index in [9.17, 15) is 4.79 Å². The van der Waals surface area contributed by atoms with Crippen molar-refractivity contribution < 1.29 is 4.79 Å². The fourth-order valence-electron chi connectivity index (χ4n) is 2.16. The van der Waals surface area contributed by atoms with Crippen molar-refractivity contribution in [2.75, 3.05) is 0 Å². The quantitative estimate of drug-likeness (QED) is 0.456. The van der Waals surface area contributed by atoms with Crippen molar-refractivity contribution in [1.29, 1.82) is 0 Å². The molecule has 0 aromatic carbocycles. The number of aryl methyl sites for hydroxylation is 1. The van der Waals surface area contributed by atoms with Crippen molar-refractivity contribution in [3.8, 4) is 0 Å². The number of nitrogens with one attached hydrogen (secondary N) is 3. The third-order valence-corrected chi connectivity index (χ3v) is 4.48. The zero-order valence-electron chi connectivity index (χ0n) is 11.4. The molecule has 0 bridgehead atoms. The molecular weight excluding hydrogens is 290 g/mol. The van der Waals surface area contributed by atoms with Crippen molar-refractivity contribution >= 4 is 40.7 Å². The van der Waals surface area contributed by atoms with Gasteiger partial charge < -0.3 is 5.32 Å². The van der Waals surface area contributed by atoms with Crippen LogP contribution in [0.2, 0.25) is 0 Å². The number of hydrazine groups is 1. The van der Waals surface area contributed by atoms with Gasteiger partial charge in [-0.1, -0.05) is 12.8 Å². The predicted molar refractivity (Wildman–Crippen MR) is 87.4 cm³/mol. The average molecular weight is 309 g/mol. The SMILES string of the molecule is Cc1ccsc1/C=C/C(=O)NNC(=S)NC1CCCC1. The van der Waals surface area contributed by atoms with Crippen LogP contribution in [0.3, 0.4) is 0 Å². The summed E-state index contributed by atoms with van der Waals surface area (Å²) in [6.45, 7) is 2.02. The second-order valence-corrected chi connectivity index (χ2v) is 6.23. The van der Waals surface area contributed by atoms with Crippen molar-refractivity contribution in [2.45, 2.75) is 38.6 Å². The highest BCUT2D eigenvalue weighted by atomic mass is 32.1. The molecule has 1 saturated carbocycles. The van der Waals surface area contributed by atoms with Crippen LogP contribution < -0.4 is 16.2 Å². The van der Waals surface area contributed by atoms with Crippen LogP contribution in [0.4, 0.5) is 0 Å². The Morgan fingerprint density at radius 1 is 1.40 bits per heavy atom. The zero-order valence-corrected chi connectivity index (χ0v) is 13.1. The topological polar surface area (TPSA) is 53.2 Å². The Labute approximate surface area is 128 Å². The number of amides is 1. The molecule has 108 valence electrons. The number of rotatable bonds is 3. The van der Waals surface area contributed by atoms with Crippen LogP contribution in [-0.2, 0) is 4.79 Å². The summed E-state index contributed by atoms with van der Waals surface area (Å²) in [5.74, 6) is -0.214. The molecule has 2 rings (SSSR count). The van der Waals surface area contributed by atoms with Gasteiger partial charge in [0.05, 0.1) is 0 Å². The fourth-order valence-corrected chi connectivity index (χ4v) is 3.20. The first-order valence-electron chi connectivity index (χ1n) is 6.74. The van der Waals surface area contributed by atoms with Gasteiger partial charge in [0, 0.05) is 17.0 Å². The molecule has 0 unspecified atom stereocenters. The number of carbonyl (C=O) groups is 1. The Kier molecular flexibility index (Phi) is 5.55. The van der Waals surface area contributed by atoms with Crippen LogP contribution in [0.25, 0.3) is 6.08 Å². The van der Waals surface area contributed by atoms with Crippen LogP contribution >= 0.6 is 23.6 Å². The normalized spacial score (nSPS) is 15.4. The van der Waals surface area contributed by atoms with Crippen LogP contribution in [0, 0.1) is 6.92 Å². The standard InChI is InChI=1S/C14H19N3OS2/c1-10-8-9-20-12(10)6-7-13(18)16-17-14(19)15-11-4-2-3-5-11/h6-9,11H,2-5H2,1H3,(H,16,18)(H2,15,17,19)/b7-6+. The summed E-state index contributed by atoms with van der Waals surface area (Å²) >= 11 is 6.75. The summed E-state index contributed by atoms with van der Waals surface area (Å²) in [5.41, 5.74) is 6.46. The van der Waals surface area contributed by atoms with Crippen molar-refractivity contribution in [3.63, 3.8) is 0 Å². The lowest BCUT2D eigenvalue weighted by molar-refractivity contribution is -0.116. The maximum atomic E-state index is 11.6. The molecule has 1 aliphatic rings. The van der Waals surface area contributed by atoms with Crippen LogP contribution in [0.1, 0.15) is 36.1 Å². The summed E-state index contributed by atoms with van der Waals surface area (Å²) in [6, 6.07) is 2.47. The van der Waals surface area contributed by atoms with E-state index in [0.717, 1.165) is 17.7 Å². The van der Waals surface area contributed by atoms with Gasteiger partial charge in [-0.05, 0) is 55.1 Å². The van der Waals surface area contributed by atoms with E-state index in [-0.39, 0.29) is 5.91 Å². The average Bonchev–Trinajstić information content (AvgIpc) is 3.06. The monoisotopic (exact) mass is 309 g/mol. The lowest BCUT2D eigenvalue weighted by atomic mass is 10.3. The van der Waals surface area contributed by atoms with Crippen LogP contribution in [0.15, 0.2) is 17.5 Å². The van der Waals surface area contributed by atoms with E-state index in [4.69, 9.17) is 12.2 Å². The highest BCUT2D eigenvalue weighted by Crippen LogP contribution is 2.17. The highest BCUT2D eigenvalue weighted by Gasteiger charge is 2.15. The lowest BCUT2D eigenvalue weighted by Gasteiger charge is -2.15. The molecule has 0 atom stereocenters. The molecule has 20 heavy (non-hydrogen) atoms. The molecule has 0 saturated heterocycles. The minimum atomic E-state index is -0.214. The van der Waals surface area contributed by atoms with Crippen LogP contribution in [0.5, 0.6) is 0 Å². The largest absolute Gasteiger partial charge is 0.359 e. The van der Waals surface area contributed by atoms with Gasteiger partial charge in [0.25, 0.3) is 5.91 Å². The van der Waals surface area contributed by atoms with E-state index in [2.05, 4.69) is 16.2 Å². The minimum Gasteiger partial charge on any atom is -0.359 e. The van der Waals surface area contributed by atoms with Gasteiger partial charge in [0.2, 0.25) is 0 Å². The number of thiophene rings is 1. The third-order valence-electron chi connectivity index (χ3n) is 3.28. The Morgan fingerprint density at radius 3 is 2.80 bits per heavy atom. The maximum absolute atomic E-state index is 11.6. The molecule has 1 amide bonds. The van der Waals surface area contributed by atoms with E-state index in [1.165, 1.54) is 24.5 Å². The van der Waals surface area contributed by atoms with E-state index >= 15 is 0 Å². The van der Waals surface area contributed by atoms with Crippen molar-refractivity contribution in [2.24, 2.45) is 0 Å². The molecular formula is C14H19N3OS2. The second kappa shape index (κ2) is 7.40. The van der Waals surface area contributed by atoms with E-state index in [1.807, 2.05) is 24.4 Å². The Balaban J connectivity index is 1.70. The predicted octanol–water partition coefficient (Wildman–Crippen LogP) is 2.51. The molecule has 0 spiro atoms. The maximum Gasteiger partial charge on any atom is 0.262 e. The smallest absolute Gasteiger partial charge is 0.262 e. The van der Waals surface area contributed by atoms with E-state index in [0.29, 0.717) is 11.2 Å². The van der Waals surface area contributed by atoms with Crippen molar-refractivity contribution in [3.05, 3.63) is 28.0 Å². The van der Waals surface area contributed by atoms with Crippen molar-refractivity contribution in [1.82, 2.24) is 16.2 Å². The fraction of sp³-hybridized carbons (Fsp3) is 0.429. The molecule has 1 fully saturated rings. The number of carbonyl (C=O) groups excluding carboxylic acids is 1. The third kappa shape index (κ3) is 4.61. The molecule has 6 heteroatoms. The first-order valence-corrected chi connectivity index (χ1v) is 8.02. The number of hydrogen-bond acceptors (Lipinski definition) is 3. The van der Waals surface area contributed by atoms with Gasteiger partial charge in [0.15, 0.2) is 5.11 Å². The Bertz CT molecular complexity index is 504.